The third-order valence-electron chi connectivity index (χ3n) is 5.06. The molecule has 2 heterocycles. The summed E-state index contributed by atoms with van der Waals surface area (Å²) >= 11 is 2.31. The van der Waals surface area contributed by atoms with Crippen LogP contribution in [0, 0.1) is 13.8 Å². The van der Waals surface area contributed by atoms with Crippen molar-refractivity contribution in [2.75, 3.05) is 32.3 Å². The van der Waals surface area contributed by atoms with Gasteiger partial charge in [-0.2, -0.15) is 0 Å². The van der Waals surface area contributed by atoms with Crippen LogP contribution in [0.2, 0.25) is 0 Å². The van der Waals surface area contributed by atoms with Crippen molar-refractivity contribution >= 4 is 45.9 Å². The number of carbonyl (C=O) groups is 3. The Morgan fingerprint density at radius 2 is 1.82 bits per heavy atom. The highest BCUT2D eigenvalue weighted by atomic mass is 32.2. The van der Waals surface area contributed by atoms with Crippen LogP contribution >= 0.6 is 23.1 Å². The fourth-order valence-electron chi connectivity index (χ4n) is 3.25. The molecule has 3 aromatic rings. The van der Waals surface area contributed by atoms with E-state index in [9.17, 15) is 14.4 Å². The zero-order chi connectivity index (χ0) is 25.0. The first-order valence-corrected chi connectivity index (χ1v) is 12.3. The van der Waals surface area contributed by atoms with Gasteiger partial charge in [0.1, 0.15) is 5.00 Å². The second-order valence-corrected chi connectivity index (χ2v) is 9.67. The van der Waals surface area contributed by atoms with Crippen LogP contribution in [0.4, 0.5) is 5.00 Å². The second kappa shape index (κ2) is 10.8. The lowest BCUT2D eigenvalue weighted by molar-refractivity contribution is -0.113. The van der Waals surface area contributed by atoms with Gasteiger partial charge in [0.25, 0.3) is 5.91 Å². The molecule has 1 aromatic carbocycles. The van der Waals surface area contributed by atoms with Gasteiger partial charge in [-0.05, 0) is 26.3 Å². The minimum absolute atomic E-state index is 0.0561. The molecule has 0 fully saturated rings. The van der Waals surface area contributed by atoms with Crippen LogP contribution in [-0.2, 0) is 16.1 Å². The Bertz CT molecular complexity index is 1210. The fourth-order valence-corrected chi connectivity index (χ4v) is 5.28. The number of thiophene rings is 1. The van der Waals surface area contributed by atoms with Crippen molar-refractivity contribution in [1.29, 1.82) is 0 Å². The van der Waals surface area contributed by atoms with Crippen molar-refractivity contribution in [3.05, 3.63) is 45.8 Å². The van der Waals surface area contributed by atoms with E-state index in [4.69, 9.17) is 4.74 Å². The predicted octanol–water partition coefficient (Wildman–Crippen LogP) is 3.86. The van der Waals surface area contributed by atoms with Crippen LogP contribution in [-0.4, -0.2) is 64.4 Å². The minimum Gasteiger partial charge on any atom is -0.465 e. The number of nitrogens with zero attached hydrogens (tertiary/aromatic N) is 4. The number of methoxy groups -OCH3 is 1. The van der Waals surface area contributed by atoms with Gasteiger partial charge in [0.15, 0.2) is 11.0 Å². The molecule has 34 heavy (non-hydrogen) atoms. The second-order valence-electron chi connectivity index (χ2n) is 7.70. The molecule has 0 radical (unpaired) electrons. The summed E-state index contributed by atoms with van der Waals surface area (Å²) in [6.07, 6.45) is 0. The number of benzene rings is 1. The smallest absolute Gasteiger partial charge is 0.341 e. The number of anilines is 1. The Labute approximate surface area is 206 Å². The number of esters is 1. The summed E-state index contributed by atoms with van der Waals surface area (Å²) in [6, 6.07) is 8.02. The molecular weight excluding hydrogens is 474 g/mol. The van der Waals surface area contributed by atoms with Gasteiger partial charge in [-0.1, -0.05) is 41.6 Å². The van der Waals surface area contributed by atoms with Gasteiger partial charge in [-0.3, -0.25) is 9.59 Å². The van der Waals surface area contributed by atoms with Crippen LogP contribution in [0.1, 0.15) is 38.1 Å². The molecule has 11 heteroatoms. The molecule has 180 valence electrons. The number of ether oxygens (including phenoxy) is 1. The van der Waals surface area contributed by atoms with E-state index in [-0.39, 0.29) is 28.1 Å². The summed E-state index contributed by atoms with van der Waals surface area (Å²) in [5.41, 5.74) is 2.77. The number of carbonyl (C=O) groups excluding carboxylic acids is 3. The summed E-state index contributed by atoms with van der Waals surface area (Å²) in [7, 11) is 4.52. The average Bonchev–Trinajstić information content (AvgIpc) is 3.37. The van der Waals surface area contributed by atoms with E-state index in [1.165, 1.54) is 23.8 Å². The van der Waals surface area contributed by atoms with Crippen LogP contribution in [0.25, 0.3) is 11.4 Å². The monoisotopic (exact) mass is 501 g/mol. The van der Waals surface area contributed by atoms with Gasteiger partial charge in [0.05, 0.1) is 23.3 Å². The van der Waals surface area contributed by atoms with Crippen molar-refractivity contribution in [3.8, 4) is 11.4 Å². The highest BCUT2D eigenvalue weighted by molar-refractivity contribution is 7.99. The van der Waals surface area contributed by atoms with Gasteiger partial charge in [-0.15, -0.1) is 21.5 Å². The third kappa shape index (κ3) is 5.31. The van der Waals surface area contributed by atoms with Crippen LogP contribution in [0.5, 0.6) is 0 Å². The molecule has 0 saturated heterocycles. The molecule has 0 unspecified atom stereocenters. The predicted molar refractivity (Wildman–Crippen MR) is 134 cm³/mol. The van der Waals surface area contributed by atoms with Gasteiger partial charge in [0, 0.05) is 26.2 Å². The molecule has 0 spiro atoms. The lowest BCUT2D eigenvalue weighted by atomic mass is 10.1. The van der Waals surface area contributed by atoms with Crippen molar-refractivity contribution in [2.24, 2.45) is 0 Å². The normalized spacial score (nSPS) is 10.8. The van der Waals surface area contributed by atoms with Crippen LogP contribution < -0.4 is 5.32 Å². The van der Waals surface area contributed by atoms with E-state index >= 15 is 0 Å². The van der Waals surface area contributed by atoms with Gasteiger partial charge >= 0.3 is 5.97 Å². The quantitative estimate of drug-likeness (QED) is 0.369. The number of aromatic nitrogens is 3. The zero-order valence-corrected chi connectivity index (χ0v) is 21.6. The molecule has 2 amide bonds. The van der Waals surface area contributed by atoms with Gasteiger partial charge < -0.3 is 19.5 Å². The maximum atomic E-state index is 12.8. The lowest BCUT2D eigenvalue weighted by Gasteiger charge is -2.08. The van der Waals surface area contributed by atoms with Gasteiger partial charge in [0.2, 0.25) is 5.91 Å². The molecule has 1 N–H and O–H groups in total. The first kappa shape index (κ1) is 25.4. The Morgan fingerprint density at radius 1 is 1.15 bits per heavy atom. The van der Waals surface area contributed by atoms with Crippen LogP contribution in [0.3, 0.4) is 0 Å². The van der Waals surface area contributed by atoms with Crippen LogP contribution in [0.15, 0.2) is 29.4 Å². The van der Waals surface area contributed by atoms with E-state index in [1.807, 2.05) is 42.7 Å². The number of thioether (sulfide) groups is 1. The fraction of sp³-hybridized carbons (Fsp3) is 0.348. The summed E-state index contributed by atoms with van der Waals surface area (Å²) in [5.74, 6) is -0.396. The third-order valence-corrected chi connectivity index (χ3v) is 7.23. The summed E-state index contributed by atoms with van der Waals surface area (Å²) in [4.78, 5) is 39.4. The number of rotatable bonds is 8. The zero-order valence-electron chi connectivity index (χ0n) is 20.0. The largest absolute Gasteiger partial charge is 0.465 e. The topological polar surface area (TPSA) is 106 Å². The highest BCUT2D eigenvalue weighted by Crippen LogP contribution is 2.34. The summed E-state index contributed by atoms with van der Waals surface area (Å²) < 4.78 is 6.82. The standard InChI is InChI=1S/C23H27N5O4S2/c1-7-28-19(15-10-8-13(2)9-11-15)25-26-23(28)33-12-16(29)24-20-17(22(31)32-6)14(3)18(34-20)21(30)27(4)5/h8-11H,7,12H2,1-6H3,(H,24,29). The maximum absolute atomic E-state index is 12.8. The van der Waals surface area contributed by atoms with Gasteiger partial charge in [-0.25, -0.2) is 4.79 Å². The molecule has 0 aliphatic rings. The Morgan fingerprint density at radius 3 is 2.41 bits per heavy atom. The SMILES string of the molecule is CCn1c(SCC(=O)Nc2sc(C(=O)N(C)C)c(C)c2C(=O)OC)nnc1-c1ccc(C)cc1. The number of amides is 2. The Hall–Kier alpha value is -3.18. The van der Waals surface area contributed by atoms with E-state index in [2.05, 4.69) is 15.5 Å². The molecule has 0 aliphatic heterocycles. The molecule has 9 nitrogen and oxygen atoms in total. The Balaban J connectivity index is 1.78. The molecule has 3 rings (SSSR count). The first-order valence-electron chi connectivity index (χ1n) is 10.5. The van der Waals surface area contributed by atoms with E-state index in [0.717, 1.165) is 28.3 Å². The van der Waals surface area contributed by atoms with Crippen molar-refractivity contribution in [3.63, 3.8) is 0 Å². The molecule has 0 bridgehead atoms. The van der Waals surface area contributed by atoms with Crippen molar-refractivity contribution in [2.45, 2.75) is 32.5 Å². The van der Waals surface area contributed by atoms with Crippen molar-refractivity contribution in [1.82, 2.24) is 19.7 Å². The van der Waals surface area contributed by atoms with E-state index in [1.54, 1.807) is 21.0 Å². The molecule has 2 aromatic heterocycles. The summed E-state index contributed by atoms with van der Waals surface area (Å²) in [5, 5.41) is 12.2. The van der Waals surface area contributed by atoms with Crippen molar-refractivity contribution < 1.29 is 19.1 Å². The highest BCUT2D eigenvalue weighted by Gasteiger charge is 2.27. The number of hydrogen-bond donors (Lipinski definition) is 1. The van der Waals surface area contributed by atoms with E-state index in [0.29, 0.717) is 22.1 Å². The lowest BCUT2D eigenvalue weighted by Crippen LogP contribution is -2.21. The molecule has 0 aliphatic carbocycles. The Kier molecular flexibility index (Phi) is 8.11. The van der Waals surface area contributed by atoms with E-state index < -0.39 is 5.97 Å². The average molecular weight is 502 g/mol. The minimum atomic E-state index is -0.608. The number of nitrogens with one attached hydrogen (secondary N) is 1. The molecule has 0 atom stereocenters. The summed E-state index contributed by atoms with van der Waals surface area (Å²) in [6.45, 7) is 6.33. The molecular formula is C23H27N5O4S2. The number of aryl methyl sites for hydroxylation is 1. The molecule has 0 saturated carbocycles. The first-order chi connectivity index (χ1) is 16.2. The number of hydrogen-bond acceptors (Lipinski definition) is 8. The maximum Gasteiger partial charge on any atom is 0.341 e.